The lowest BCUT2D eigenvalue weighted by Gasteiger charge is -2.59. The predicted molar refractivity (Wildman–Crippen MR) is 85.1 cm³/mol. The molecule has 4 rings (SSSR count). The van der Waals surface area contributed by atoms with E-state index in [4.69, 9.17) is 5.84 Å². The number of nitrogens with one attached hydrogen (secondary N) is 1. The number of hydrogen-bond donors (Lipinski definition) is 2. The van der Waals surface area contributed by atoms with Crippen molar-refractivity contribution in [2.45, 2.75) is 90.0 Å². The lowest BCUT2D eigenvalue weighted by Crippen LogP contribution is -2.57. The van der Waals surface area contributed by atoms with Crippen LogP contribution in [0.4, 0.5) is 0 Å². The zero-order valence-corrected chi connectivity index (χ0v) is 13.4. The third-order valence-corrected chi connectivity index (χ3v) is 6.62. The van der Waals surface area contributed by atoms with Crippen LogP contribution in [0.25, 0.3) is 0 Å². The lowest BCUT2D eigenvalue weighted by molar-refractivity contribution is -0.0756. The third kappa shape index (κ3) is 2.92. The first-order valence-electron chi connectivity index (χ1n) is 9.22. The summed E-state index contributed by atoms with van der Waals surface area (Å²) in [4.78, 5) is 0. The van der Waals surface area contributed by atoms with Crippen molar-refractivity contribution >= 4 is 0 Å². The van der Waals surface area contributed by atoms with E-state index >= 15 is 0 Å². The summed E-state index contributed by atoms with van der Waals surface area (Å²) in [6.45, 7) is 2.29. The van der Waals surface area contributed by atoms with Gasteiger partial charge in [-0.25, -0.2) is 0 Å². The smallest absolute Gasteiger partial charge is 0.0267 e. The van der Waals surface area contributed by atoms with Gasteiger partial charge in [0.05, 0.1) is 0 Å². The highest BCUT2D eigenvalue weighted by Crippen LogP contribution is 2.61. The van der Waals surface area contributed by atoms with Gasteiger partial charge in [-0.3, -0.25) is 11.3 Å². The van der Waals surface area contributed by atoms with E-state index in [0.717, 1.165) is 17.8 Å². The Hall–Kier alpha value is -0.0800. The molecule has 20 heavy (non-hydrogen) atoms. The van der Waals surface area contributed by atoms with Crippen molar-refractivity contribution in [1.29, 1.82) is 0 Å². The largest absolute Gasteiger partial charge is 0.271 e. The van der Waals surface area contributed by atoms with Crippen molar-refractivity contribution in [2.75, 3.05) is 0 Å². The highest BCUT2D eigenvalue weighted by atomic mass is 15.2. The van der Waals surface area contributed by atoms with Crippen LogP contribution >= 0.6 is 0 Å². The lowest BCUT2D eigenvalue weighted by atomic mass is 9.47. The summed E-state index contributed by atoms with van der Waals surface area (Å²) >= 11 is 0. The Bertz CT molecular complexity index is 277. The minimum Gasteiger partial charge on any atom is -0.271 e. The van der Waals surface area contributed by atoms with Gasteiger partial charge < -0.3 is 0 Å². The van der Waals surface area contributed by atoms with Crippen molar-refractivity contribution in [3.05, 3.63) is 0 Å². The van der Waals surface area contributed by atoms with E-state index < -0.39 is 0 Å². The fraction of sp³-hybridized carbons (Fsp3) is 1.00. The van der Waals surface area contributed by atoms with Crippen LogP contribution in [0.2, 0.25) is 0 Å². The van der Waals surface area contributed by atoms with E-state index in [1.54, 1.807) is 0 Å². The van der Waals surface area contributed by atoms with Crippen LogP contribution in [0.15, 0.2) is 0 Å². The number of rotatable bonds is 8. The molecule has 0 aromatic carbocycles. The van der Waals surface area contributed by atoms with E-state index in [1.165, 1.54) is 77.0 Å². The van der Waals surface area contributed by atoms with Crippen LogP contribution < -0.4 is 11.3 Å². The van der Waals surface area contributed by atoms with Crippen LogP contribution in [0.3, 0.4) is 0 Å². The molecule has 4 aliphatic carbocycles. The molecule has 0 spiro atoms. The fourth-order valence-electron chi connectivity index (χ4n) is 6.12. The molecule has 4 bridgehead atoms. The van der Waals surface area contributed by atoms with Crippen LogP contribution in [-0.4, -0.2) is 6.04 Å². The Morgan fingerprint density at radius 3 is 2.00 bits per heavy atom. The molecule has 0 aromatic heterocycles. The molecule has 0 amide bonds. The normalized spacial score (nSPS) is 40.2. The summed E-state index contributed by atoms with van der Waals surface area (Å²) in [7, 11) is 0. The zero-order valence-electron chi connectivity index (χ0n) is 13.4. The van der Waals surface area contributed by atoms with Crippen molar-refractivity contribution < 1.29 is 0 Å². The van der Waals surface area contributed by atoms with Gasteiger partial charge in [-0.15, -0.1) is 0 Å². The van der Waals surface area contributed by atoms with Gasteiger partial charge in [-0.1, -0.05) is 39.0 Å². The van der Waals surface area contributed by atoms with Crippen molar-refractivity contribution in [2.24, 2.45) is 29.0 Å². The van der Waals surface area contributed by atoms with Crippen molar-refractivity contribution in [1.82, 2.24) is 5.43 Å². The molecule has 2 heteroatoms. The second-order valence-corrected chi connectivity index (χ2v) is 8.20. The molecule has 0 aliphatic heterocycles. The summed E-state index contributed by atoms with van der Waals surface area (Å²) < 4.78 is 0. The fourth-order valence-corrected chi connectivity index (χ4v) is 6.12. The third-order valence-electron chi connectivity index (χ3n) is 6.62. The molecule has 1 unspecified atom stereocenters. The van der Waals surface area contributed by atoms with Crippen molar-refractivity contribution in [3.8, 4) is 0 Å². The topological polar surface area (TPSA) is 38.0 Å². The van der Waals surface area contributed by atoms with Gasteiger partial charge in [-0.05, 0) is 68.1 Å². The second kappa shape index (κ2) is 6.36. The van der Waals surface area contributed by atoms with Crippen LogP contribution in [0.5, 0.6) is 0 Å². The van der Waals surface area contributed by atoms with Crippen LogP contribution in [0.1, 0.15) is 84.0 Å². The maximum absolute atomic E-state index is 5.99. The van der Waals surface area contributed by atoms with E-state index in [1.807, 2.05) is 0 Å². The first kappa shape index (κ1) is 14.8. The number of unbranched alkanes of at least 4 members (excludes halogenated alkanes) is 4. The Labute approximate surface area is 125 Å². The first-order valence-corrected chi connectivity index (χ1v) is 9.22. The monoisotopic (exact) mass is 278 g/mol. The van der Waals surface area contributed by atoms with Crippen LogP contribution in [0, 0.1) is 23.2 Å². The molecule has 4 saturated carbocycles. The minimum absolute atomic E-state index is 0.578. The van der Waals surface area contributed by atoms with Crippen molar-refractivity contribution in [3.63, 3.8) is 0 Å². The molecule has 116 valence electrons. The average Bonchev–Trinajstić information content (AvgIpc) is 2.41. The Kier molecular flexibility index (Phi) is 4.72. The molecule has 2 nitrogen and oxygen atoms in total. The van der Waals surface area contributed by atoms with Gasteiger partial charge in [0.1, 0.15) is 0 Å². The van der Waals surface area contributed by atoms with E-state index in [-0.39, 0.29) is 0 Å². The highest BCUT2D eigenvalue weighted by Gasteiger charge is 2.53. The molecule has 3 N–H and O–H groups in total. The van der Waals surface area contributed by atoms with Gasteiger partial charge in [0.25, 0.3) is 0 Å². The van der Waals surface area contributed by atoms with Gasteiger partial charge in [0.15, 0.2) is 0 Å². The molecule has 0 aromatic rings. The summed E-state index contributed by atoms with van der Waals surface area (Å²) in [5.74, 6) is 9.10. The Morgan fingerprint density at radius 2 is 1.50 bits per heavy atom. The molecule has 4 aliphatic rings. The number of hydrazine groups is 1. The van der Waals surface area contributed by atoms with Crippen LogP contribution in [-0.2, 0) is 0 Å². The van der Waals surface area contributed by atoms with E-state index in [2.05, 4.69) is 12.3 Å². The second-order valence-electron chi connectivity index (χ2n) is 8.20. The SMILES string of the molecule is CCCCCCCC(NN)C12CC3CC(CC(C3)C1)C2. The maximum atomic E-state index is 5.99. The maximum Gasteiger partial charge on any atom is 0.0267 e. The first-order chi connectivity index (χ1) is 9.75. The Balaban J connectivity index is 1.55. The highest BCUT2D eigenvalue weighted by molar-refractivity contribution is 5.05. The molecule has 1 atom stereocenters. The van der Waals surface area contributed by atoms with Gasteiger partial charge in [-0.2, -0.15) is 0 Å². The Morgan fingerprint density at radius 1 is 0.950 bits per heavy atom. The summed E-state index contributed by atoms with van der Waals surface area (Å²) in [5.41, 5.74) is 3.83. The quantitative estimate of drug-likeness (QED) is 0.392. The van der Waals surface area contributed by atoms with E-state index in [0.29, 0.717) is 11.5 Å². The van der Waals surface area contributed by atoms with Gasteiger partial charge in [0, 0.05) is 6.04 Å². The summed E-state index contributed by atoms with van der Waals surface area (Å²) in [6.07, 6.45) is 17.3. The van der Waals surface area contributed by atoms with Gasteiger partial charge >= 0.3 is 0 Å². The molecule has 0 heterocycles. The van der Waals surface area contributed by atoms with E-state index in [9.17, 15) is 0 Å². The average molecular weight is 278 g/mol. The minimum atomic E-state index is 0.578. The molecule has 4 fully saturated rings. The number of hydrogen-bond acceptors (Lipinski definition) is 2. The zero-order chi connectivity index (χ0) is 14.0. The molecule has 0 saturated heterocycles. The summed E-state index contributed by atoms with van der Waals surface area (Å²) in [5, 5.41) is 0. The summed E-state index contributed by atoms with van der Waals surface area (Å²) in [6, 6.07) is 0.595. The molecule has 0 radical (unpaired) electrons. The van der Waals surface area contributed by atoms with Gasteiger partial charge in [0.2, 0.25) is 0 Å². The standard InChI is InChI=1S/C18H34N2/c1-2-3-4-5-6-7-17(20-19)18-11-14-8-15(12-18)10-16(9-14)13-18/h14-17,20H,2-13,19H2,1H3. The molecular weight excluding hydrogens is 244 g/mol. The number of nitrogens with two attached hydrogens (primary N) is 1. The molecular formula is C18H34N2. The predicted octanol–water partition coefficient (Wildman–Crippen LogP) is 4.40.